The molecule has 0 amide bonds. The number of benzene rings is 2. The normalized spacial score (nSPS) is 14.6. The van der Waals surface area contributed by atoms with Crippen LogP contribution in [0.15, 0.2) is 56.6 Å². The molecule has 0 saturated carbocycles. The summed E-state index contributed by atoms with van der Waals surface area (Å²) in [5.41, 5.74) is 2.95. The van der Waals surface area contributed by atoms with Crippen LogP contribution in [-0.2, 0) is 23.0 Å². The Morgan fingerprint density at radius 2 is 1.89 bits per heavy atom. The van der Waals surface area contributed by atoms with Gasteiger partial charge in [0.05, 0.1) is 10.5 Å². The summed E-state index contributed by atoms with van der Waals surface area (Å²) in [7, 11) is -3.68. The van der Waals surface area contributed by atoms with Gasteiger partial charge in [-0.05, 0) is 48.7 Å². The third-order valence-electron chi connectivity index (χ3n) is 4.93. The fourth-order valence-corrected chi connectivity index (χ4v) is 3.93. The molecule has 4 rings (SSSR count). The van der Waals surface area contributed by atoms with Gasteiger partial charge in [0, 0.05) is 24.5 Å². The van der Waals surface area contributed by atoms with Crippen molar-refractivity contribution in [2.45, 2.75) is 24.8 Å². The number of nitrogens with zero attached hydrogens (tertiary/aromatic N) is 1. The SMILES string of the molecule is Cc1cc(=O)oc2c3c(ccc12)OCN(CCc1ccc(S(N)(=O)=O)cc1)C3. The Hall–Kier alpha value is -2.68. The smallest absolute Gasteiger partial charge is 0.336 e. The minimum absolute atomic E-state index is 0.100. The van der Waals surface area contributed by atoms with Crippen molar-refractivity contribution in [1.29, 1.82) is 0 Å². The van der Waals surface area contributed by atoms with Crippen molar-refractivity contribution < 1.29 is 17.6 Å². The number of hydrogen-bond acceptors (Lipinski definition) is 6. The first-order valence-electron chi connectivity index (χ1n) is 8.84. The molecule has 0 radical (unpaired) electrons. The van der Waals surface area contributed by atoms with Crippen LogP contribution >= 0.6 is 0 Å². The van der Waals surface area contributed by atoms with Crippen molar-refractivity contribution in [3.05, 3.63) is 69.6 Å². The molecule has 0 saturated heterocycles. The first kappa shape index (κ1) is 18.7. The molecule has 1 aliphatic heterocycles. The van der Waals surface area contributed by atoms with Gasteiger partial charge >= 0.3 is 5.63 Å². The molecule has 28 heavy (non-hydrogen) atoms. The Labute approximate surface area is 162 Å². The van der Waals surface area contributed by atoms with E-state index in [1.807, 2.05) is 19.1 Å². The first-order chi connectivity index (χ1) is 13.3. The lowest BCUT2D eigenvalue weighted by Crippen LogP contribution is -2.33. The van der Waals surface area contributed by atoms with Crippen LogP contribution in [0.3, 0.4) is 0 Å². The molecule has 2 heterocycles. The van der Waals surface area contributed by atoms with Crippen molar-refractivity contribution in [3.63, 3.8) is 0 Å². The van der Waals surface area contributed by atoms with E-state index in [0.29, 0.717) is 25.4 Å². The number of ether oxygens (including phenoxy) is 1. The number of nitrogens with two attached hydrogens (primary N) is 1. The van der Waals surface area contributed by atoms with Crippen LogP contribution in [0.4, 0.5) is 0 Å². The number of primary sulfonamides is 1. The first-order valence-corrected chi connectivity index (χ1v) is 10.4. The largest absolute Gasteiger partial charge is 0.478 e. The molecule has 0 fully saturated rings. The van der Waals surface area contributed by atoms with Crippen LogP contribution in [0.25, 0.3) is 11.0 Å². The van der Waals surface area contributed by atoms with Crippen LogP contribution in [0.5, 0.6) is 5.75 Å². The lowest BCUT2D eigenvalue weighted by Gasteiger charge is -2.29. The highest BCUT2D eigenvalue weighted by Gasteiger charge is 2.21. The number of sulfonamides is 1. The van der Waals surface area contributed by atoms with E-state index >= 15 is 0 Å². The van der Waals surface area contributed by atoms with Crippen LogP contribution in [0.2, 0.25) is 0 Å². The van der Waals surface area contributed by atoms with E-state index in [-0.39, 0.29) is 10.5 Å². The number of aryl methyl sites for hydroxylation is 1. The van der Waals surface area contributed by atoms with Gasteiger partial charge in [-0.2, -0.15) is 0 Å². The Morgan fingerprint density at radius 3 is 2.61 bits per heavy atom. The quantitative estimate of drug-likeness (QED) is 0.673. The zero-order valence-electron chi connectivity index (χ0n) is 15.3. The van der Waals surface area contributed by atoms with Crippen LogP contribution in [-0.4, -0.2) is 26.6 Å². The number of rotatable bonds is 4. The van der Waals surface area contributed by atoms with Gasteiger partial charge in [-0.25, -0.2) is 18.4 Å². The predicted octanol–water partition coefficient (Wildman–Crippen LogP) is 2.14. The Kier molecular flexibility index (Phi) is 4.70. The van der Waals surface area contributed by atoms with Gasteiger partial charge in [0.15, 0.2) is 0 Å². The van der Waals surface area contributed by atoms with E-state index in [2.05, 4.69) is 4.90 Å². The molecule has 2 N–H and O–H groups in total. The molecular weight excluding hydrogens is 380 g/mol. The molecule has 0 aliphatic carbocycles. The average Bonchev–Trinajstić information content (AvgIpc) is 2.65. The van der Waals surface area contributed by atoms with Gasteiger partial charge in [-0.15, -0.1) is 0 Å². The summed E-state index contributed by atoms with van der Waals surface area (Å²) in [6, 6.07) is 11.9. The van der Waals surface area contributed by atoms with Crippen molar-refractivity contribution in [2.24, 2.45) is 5.14 Å². The fourth-order valence-electron chi connectivity index (χ4n) is 3.41. The highest BCUT2D eigenvalue weighted by atomic mass is 32.2. The number of hydrogen-bond donors (Lipinski definition) is 1. The lowest BCUT2D eigenvalue weighted by atomic mass is 10.0. The van der Waals surface area contributed by atoms with E-state index in [0.717, 1.165) is 34.2 Å². The van der Waals surface area contributed by atoms with Gasteiger partial charge in [0.2, 0.25) is 10.0 Å². The third-order valence-corrected chi connectivity index (χ3v) is 5.86. The summed E-state index contributed by atoms with van der Waals surface area (Å²) >= 11 is 0. The Balaban J connectivity index is 1.52. The standard InChI is InChI=1S/C20H20N2O5S/c1-13-10-19(23)27-20-16(13)6-7-18-17(20)11-22(12-26-18)9-8-14-2-4-15(5-3-14)28(21,24)25/h2-7,10H,8-9,11-12H2,1H3,(H2,21,24,25). The molecular formula is C20H20N2O5S. The lowest BCUT2D eigenvalue weighted by molar-refractivity contribution is 0.0968. The Morgan fingerprint density at radius 1 is 1.14 bits per heavy atom. The van der Waals surface area contributed by atoms with Gasteiger partial charge in [-0.3, -0.25) is 4.90 Å². The van der Waals surface area contributed by atoms with E-state index in [9.17, 15) is 13.2 Å². The maximum atomic E-state index is 11.8. The maximum Gasteiger partial charge on any atom is 0.336 e. The van der Waals surface area contributed by atoms with Gasteiger partial charge in [-0.1, -0.05) is 12.1 Å². The third kappa shape index (κ3) is 3.66. The second-order valence-electron chi connectivity index (χ2n) is 6.93. The monoisotopic (exact) mass is 400 g/mol. The summed E-state index contributed by atoms with van der Waals surface area (Å²) in [6.45, 7) is 3.64. The van der Waals surface area contributed by atoms with E-state index in [4.69, 9.17) is 14.3 Å². The van der Waals surface area contributed by atoms with Crippen LogP contribution in [0.1, 0.15) is 16.7 Å². The zero-order chi connectivity index (χ0) is 19.9. The second kappa shape index (κ2) is 7.05. The predicted molar refractivity (Wildman–Crippen MR) is 105 cm³/mol. The molecule has 0 bridgehead atoms. The maximum absolute atomic E-state index is 11.8. The topological polar surface area (TPSA) is 103 Å². The molecule has 8 heteroatoms. The molecule has 146 valence electrons. The molecule has 0 unspecified atom stereocenters. The van der Waals surface area contributed by atoms with Crippen molar-refractivity contribution in [1.82, 2.24) is 4.90 Å². The van der Waals surface area contributed by atoms with Crippen molar-refractivity contribution in [3.8, 4) is 5.75 Å². The summed E-state index contributed by atoms with van der Waals surface area (Å²) in [5, 5.41) is 6.03. The van der Waals surface area contributed by atoms with Gasteiger partial charge < -0.3 is 9.15 Å². The summed E-state index contributed by atoms with van der Waals surface area (Å²) in [4.78, 5) is 14.0. The summed E-state index contributed by atoms with van der Waals surface area (Å²) in [5.74, 6) is 0.731. The second-order valence-corrected chi connectivity index (χ2v) is 8.49. The van der Waals surface area contributed by atoms with Gasteiger partial charge in [0.1, 0.15) is 18.1 Å². The molecule has 0 atom stereocenters. The molecule has 3 aromatic rings. The van der Waals surface area contributed by atoms with Crippen LogP contribution in [0, 0.1) is 6.92 Å². The minimum atomic E-state index is -3.68. The summed E-state index contributed by atoms with van der Waals surface area (Å²) in [6.07, 6.45) is 0.720. The highest BCUT2D eigenvalue weighted by molar-refractivity contribution is 7.89. The molecule has 2 aromatic carbocycles. The van der Waals surface area contributed by atoms with Gasteiger partial charge in [0.25, 0.3) is 0 Å². The average molecular weight is 400 g/mol. The van der Waals surface area contributed by atoms with Crippen LogP contribution < -0.4 is 15.5 Å². The van der Waals surface area contributed by atoms with E-state index < -0.39 is 10.0 Å². The summed E-state index contributed by atoms with van der Waals surface area (Å²) < 4.78 is 34.0. The Bertz CT molecular complexity index is 1200. The molecule has 0 spiro atoms. The number of fused-ring (bicyclic) bond motifs is 3. The van der Waals surface area contributed by atoms with E-state index in [1.165, 1.54) is 18.2 Å². The van der Waals surface area contributed by atoms with Crippen molar-refractivity contribution in [2.75, 3.05) is 13.3 Å². The molecule has 7 nitrogen and oxygen atoms in total. The van der Waals surface area contributed by atoms with E-state index in [1.54, 1.807) is 12.1 Å². The molecule has 1 aromatic heterocycles. The minimum Gasteiger partial charge on any atom is -0.478 e. The molecule has 1 aliphatic rings. The fraction of sp³-hybridized carbons (Fsp3) is 0.250. The van der Waals surface area contributed by atoms with Crippen molar-refractivity contribution >= 4 is 21.0 Å². The zero-order valence-corrected chi connectivity index (χ0v) is 16.2. The highest BCUT2D eigenvalue weighted by Crippen LogP contribution is 2.32.